The van der Waals surface area contributed by atoms with Gasteiger partial charge in [-0.1, -0.05) is 23.7 Å². The van der Waals surface area contributed by atoms with Gasteiger partial charge in [-0.15, -0.1) is 0 Å². The highest BCUT2D eigenvalue weighted by Gasteiger charge is 2.45. The molecule has 0 spiro atoms. The van der Waals surface area contributed by atoms with E-state index in [1.807, 2.05) is 12.1 Å². The summed E-state index contributed by atoms with van der Waals surface area (Å²) >= 11 is 6.02. The summed E-state index contributed by atoms with van der Waals surface area (Å²) < 4.78 is 27.8. The zero-order valence-corrected chi connectivity index (χ0v) is 20.9. The van der Waals surface area contributed by atoms with Crippen LogP contribution in [0.5, 0.6) is 0 Å². The summed E-state index contributed by atoms with van der Waals surface area (Å²) in [6.45, 7) is 0.629. The molecule has 0 radical (unpaired) electrons. The van der Waals surface area contributed by atoms with Gasteiger partial charge in [-0.2, -0.15) is 4.31 Å². The maximum Gasteiger partial charge on any atom is 0.327 e. The van der Waals surface area contributed by atoms with Gasteiger partial charge in [0.25, 0.3) is 0 Å². The number of rotatable bonds is 5. The first-order chi connectivity index (χ1) is 17.2. The second kappa shape index (κ2) is 9.68. The normalized spacial score (nSPS) is 20.1. The van der Waals surface area contributed by atoms with Gasteiger partial charge in [0.2, 0.25) is 15.9 Å². The number of amides is 1. The molecule has 2 fully saturated rings. The van der Waals surface area contributed by atoms with Crippen molar-refractivity contribution in [3.63, 3.8) is 0 Å². The molecule has 1 atom stereocenters. The molecule has 3 heterocycles. The smallest absolute Gasteiger partial charge is 0.327 e. The number of carbonyl (C=O) groups is 2. The molecule has 0 aliphatic carbocycles. The van der Waals surface area contributed by atoms with Gasteiger partial charge in [0.05, 0.1) is 11.4 Å². The number of aliphatic carboxylic acids is 1. The second-order valence-electron chi connectivity index (χ2n) is 9.03. The predicted octanol–water partition coefficient (Wildman–Crippen LogP) is 2.84. The van der Waals surface area contributed by atoms with Crippen molar-refractivity contribution in [2.45, 2.75) is 29.8 Å². The molecule has 1 amide bonds. The van der Waals surface area contributed by atoms with Gasteiger partial charge >= 0.3 is 5.97 Å². The first-order valence-corrected chi connectivity index (χ1v) is 13.4. The number of sulfonamides is 1. The number of piperidine rings is 1. The van der Waals surface area contributed by atoms with E-state index < -0.39 is 34.5 Å². The minimum absolute atomic E-state index is 0.00775. The Morgan fingerprint density at radius 2 is 1.67 bits per heavy atom. The van der Waals surface area contributed by atoms with E-state index in [9.17, 15) is 23.1 Å². The molecule has 5 rings (SSSR count). The van der Waals surface area contributed by atoms with Gasteiger partial charge in [0.15, 0.2) is 0 Å². The van der Waals surface area contributed by atoms with E-state index in [2.05, 4.69) is 9.88 Å². The van der Waals surface area contributed by atoms with E-state index in [1.54, 1.807) is 36.7 Å². The van der Waals surface area contributed by atoms with Crippen LogP contribution in [0, 0.1) is 0 Å². The lowest BCUT2D eigenvalue weighted by atomic mass is 9.99. The van der Waals surface area contributed by atoms with Crippen molar-refractivity contribution in [1.82, 2.24) is 14.2 Å². The van der Waals surface area contributed by atoms with Crippen LogP contribution in [0.2, 0.25) is 5.02 Å². The number of benzene rings is 2. The fraction of sp³-hybridized carbons (Fsp3) is 0.320. The number of fused-ring (bicyclic) bond motifs is 1. The Labute approximate surface area is 213 Å². The minimum atomic E-state index is -4.09. The standard InChI is InChI=1S/C25H25ClN4O5S/c26-19-3-1-18-14-22(4-2-17(18)13-19)36(34,35)29-15-23(25(32)33)30(24(31)16-29)21-7-11-28(12-8-21)20-5-9-27-10-6-20/h1-6,9-10,13-14,21,23H,7-8,11-12,15-16H2,(H,32,33). The highest BCUT2D eigenvalue weighted by atomic mass is 35.5. The Kier molecular flexibility index (Phi) is 6.59. The molecule has 1 N–H and O–H groups in total. The number of piperazine rings is 1. The Morgan fingerprint density at radius 1 is 1.00 bits per heavy atom. The summed E-state index contributed by atoms with van der Waals surface area (Å²) in [6, 6.07) is 12.0. The number of hydrogen-bond acceptors (Lipinski definition) is 6. The number of carboxylic acid groups (broad SMARTS) is 1. The number of aromatic nitrogens is 1. The fourth-order valence-corrected chi connectivity index (χ4v) is 6.66. The first kappa shape index (κ1) is 24.5. The number of anilines is 1. The van der Waals surface area contributed by atoms with Crippen LogP contribution in [-0.4, -0.2) is 77.9 Å². The van der Waals surface area contributed by atoms with Crippen molar-refractivity contribution in [1.29, 1.82) is 0 Å². The number of halogens is 1. The molecule has 3 aromatic rings. The van der Waals surface area contributed by atoms with Crippen molar-refractivity contribution in [3.8, 4) is 0 Å². The molecular weight excluding hydrogens is 504 g/mol. The molecule has 9 nitrogen and oxygen atoms in total. The lowest BCUT2D eigenvalue weighted by Crippen LogP contribution is -2.64. The maximum atomic E-state index is 13.4. The third-order valence-corrected chi connectivity index (χ3v) is 8.94. The van der Waals surface area contributed by atoms with Crippen LogP contribution >= 0.6 is 11.6 Å². The van der Waals surface area contributed by atoms with Crippen LogP contribution in [0.25, 0.3) is 10.8 Å². The van der Waals surface area contributed by atoms with E-state index in [1.165, 1.54) is 17.0 Å². The average molecular weight is 529 g/mol. The van der Waals surface area contributed by atoms with Crippen molar-refractivity contribution < 1.29 is 23.1 Å². The Hall–Kier alpha value is -3.21. The molecule has 1 aromatic heterocycles. The van der Waals surface area contributed by atoms with E-state index in [4.69, 9.17) is 11.6 Å². The number of carbonyl (C=O) groups excluding carboxylic acids is 1. The topological polar surface area (TPSA) is 111 Å². The van der Waals surface area contributed by atoms with Crippen LogP contribution in [0.4, 0.5) is 5.69 Å². The molecule has 188 valence electrons. The van der Waals surface area contributed by atoms with Gasteiger partial charge in [-0.25, -0.2) is 13.2 Å². The molecule has 0 saturated carbocycles. The number of pyridine rings is 1. The van der Waals surface area contributed by atoms with Gasteiger partial charge in [-0.05, 0) is 60.0 Å². The molecule has 2 aliphatic rings. The van der Waals surface area contributed by atoms with Gasteiger partial charge in [-0.3, -0.25) is 9.78 Å². The number of nitrogens with zero attached hydrogens (tertiary/aromatic N) is 4. The Bertz CT molecular complexity index is 1410. The zero-order chi connectivity index (χ0) is 25.4. The highest BCUT2D eigenvalue weighted by molar-refractivity contribution is 7.89. The van der Waals surface area contributed by atoms with E-state index in [0.29, 0.717) is 36.3 Å². The van der Waals surface area contributed by atoms with Gasteiger partial charge in [0, 0.05) is 48.8 Å². The summed E-state index contributed by atoms with van der Waals surface area (Å²) in [5.41, 5.74) is 1.03. The molecule has 2 saturated heterocycles. The van der Waals surface area contributed by atoms with Crippen molar-refractivity contribution in [2.24, 2.45) is 0 Å². The Balaban J connectivity index is 1.35. The molecule has 11 heteroatoms. The third-order valence-electron chi connectivity index (χ3n) is 6.89. The van der Waals surface area contributed by atoms with Crippen LogP contribution in [0.3, 0.4) is 0 Å². The SMILES string of the molecule is O=C(O)C1CN(S(=O)(=O)c2ccc3cc(Cl)ccc3c2)CC(=O)N1C1CCN(c2ccncc2)CC1. The molecule has 0 bridgehead atoms. The summed E-state index contributed by atoms with van der Waals surface area (Å²) in [6.07, 6.45) is 4.63. The quantitative estimate of drug-likeness (QED) is 0.542. The maximum absolute atomic E-state index is 13.4. The van der Waals surface area contributed by atoms with Crippen molar-refractivity contribution in [3.05, 3.63) is 65.9 Å². The number of hydrogen-bond donors (Lipinski definition) is 1. The lowest BCUT2D eigenvalue weighted by Gasteiger charge is -2.45. The zero-order valence-electron chi connectivity index (χ0n) is 19.3. The van der Waals surface area contributed by atoms with Crippen molar-refractivity contribution >= 4 is 50.0 Å². The molecule has 1 unspecified atom stereocenters. The van der Waals surface area contributed by atoms with Crippen molar-refractivity contribution in [2.75, 3.05) is 31.1 Å². The van der Waals surface area contributed by atoms with Gasteiger partial charge in [0.1, 0.15) is 6.04 Å². The monoisotopic (exact) mass is 528 g/mol. The predicted molar refractivity (Wildman–Crippen MR) is 135 cm³/mol. The fourth-order valence-electron chi connectivity index (χ4n) is 5.05. The number of carboxylic acids is 1. The lowest BCUT2D eigenvalue weighted by molar-refractivity contribution is -0.157. The van der Waals surface area contributed by atoms with E-state index in [0.717, 1.165) is 15.4 Å². The summed E-state index contributed by atoms with van der Waals surface area (Å²) in [5, 5.41) is 12.0. The summed E-state index contributed by atoms with van der Waals surface area (Å²) in [4.78, 5) is 33.0. The minimum Gasteiger partial charge on any atom is -0.480 e. The van der Waals surface area contributed by atoms with E-state index >= 15 is 0 Å². The second-order valence-corrected chi connectivity index (χ2v) is 11.4. The molecule has 2 aromatic carbocycles. The molecular formula is C25H25ClN4O5S. The van der Waals surface area contributed by atoms with Crippen LogP contribution in [-0.2, 0) is 19.6 Å². The largest absolute Gasteiger partial charge is 0.480 e. The summed E-state index contributed by atoms with van der Waals surface area (Å²) in [5.74, 6) is -1.71. The van der Waals surface area contributed by atoms with Gasteiger partial charge < -0.3 is 14.9 Å². The first-order valence-electron chi connectivity index (χ1n) is 11.6. The van der Waals surface area contributed by atoms with Crippen LogP contribution < -0.4 is 4.90 Å². The van der Waals surface area contributed by atoms with Crippen LogP contribution in [0.15, 0.2) is 65.8 Å². The average Bonchev–Trinajstić information content (AvgIpc) is 2.88. The van der Waals surface area contributed by atoms with Crippen LogP contribution in [0.1, 0.15) is 12.8 Å². The third kappa shape index (κ3) is 4.63. The molecule has 36 heavy (non-hydrogen) atoms. The Morgan fingerprint density at radius 3 is 2.36 bits per heavy atom. The highest BCUT2D eigenvalue weighted by Crippen LogP contribution is 2.29. The van der Waals surface area contributed by atoms with E-state index in [-0.39, 0.29) is 17.5 Å². The summed E-state index contributed by atoms with van der Waals surface area (Å²) in [7, 11) is -4.09. The molecule has 2 aliphatic heterocycles.